The molecule has 0 aromatic carbocycles. The monoisotopic (exact) mass is 198 g/mol. The summed E-state index contributed by atoms with van der Waals surface area (Å²) in [7, 11) is 1.69. The summed E-state index contributed by atoms with van der Waals surface area (Å²) in [5, 5.41) is 8.46. The first kappa shape index (κ1) is 10.4. The Kier molecular flexibility index (Phi) is 3.21. The van der Waals surface area contributed by atoms with E-state index < -0.39 is 0 Å². The first-order valence-corrected chi connectivity index (χ1v) is 5.35. The largest absolute Gasteiger partial charge is 0.331 e. The molecule has 1 aliphatic heterocycles. The van der Waals surface area contributed by atoms with Gasteiger partial charge >= 0.3 is 0 Å². The molecule has 0 aromatic rings. The number of carbonyl (C=O) groups excluding carboxylic acids is 1. The van der Waals surface area contributed by atoms with Crippen molar-refractivity contribution in [3.63, 3.8) is 0 Å². The molecule has 1 amide bonds. The van der Waals surface area contributed by atoms with E-state index in [1.807, 2.05) is 13.0 Å². The summed E-state index contributed by atoms with van der Waals surface area (Å²) in [6.07, 6.45) is 2.04. The Morgan fingerprint density at radius 1 is 1.77 bits per heavy atom. The minimum absolute atomic E-state index is 0.0940. The second-order valence-electron chi connectivity index (χ2n) is 3.50. The second kappa shape index (κ2) is 4.01. The number of thioether (sulfide) groups is 1. The van der Waals surface area contributed by atoms with Crippen LogP contribution in [0.5, 0.6) is 0 Å². The van der Waals surface area contributed by atoms with E-state index in [9.17, 15) is 4.79 Å². The van der Waals surface area contributed by atoms with Crippen molar-refractivity contribution < 1.29 is 4.79 Å². The minimum atomic E-state index is -0.272. The van der Waals surface area contributed by atoms with Gasteiger partial charge in [-0.2, -0.15) is 5.26 Å². The zero-order chi connectivity index (χ0) is 9.90. The molecule has 1 saturated heterocycles. The van der Waals surface area contributed by atoms with Gasteiger partial charge in [0.25, 0.3) is 0 Å². The highest BCUT2D eigenvalue weighted by Gasteiger charge is 2.38. The molecule has 1 aliphatic rings. The minimum Gasteiger partial charge on any atom is -0.331 e. The first-order valence-electron chi connectivity index (χ1n) is 4.36. The maximum absolute atomic E-state index is 11.8. The van der Waals surface area contributed by atoms with Gasteiger partial charge in [0.05, 0.1) is 10.8 Å². The van der Waals surface area contributed by atoms with Crippen molar-refractivity contribution in [1.82, 2.24) is 4.90 Å². The van der Waals surface area contributed by atoms with Crippen molar-refractivity contribution in [2.75, 3.05) is 19.3 Å². The number of amides is 1. The molecule has 72 valence electrons. The molecular weight excluding hydrogens is 184 g/mol. The summed E-state index contributed by atoms with van der Waals surface area (Å²) >= 11 is 1.71. The van der Waals surface area contributed by atoms with E-state index in [-0.39, 0.29) is 17.2 Å². The van der Waals surface area contributed by atoms with Gasteiger partial charge in [0.1, 0.15) is 6.54 Å². The van der Waals surface area contributed by atoms with E-state index in [0.717, 1.165) is 18.6 Å². The molecule has 3 nitrogen and oxygen atoms in total. The molecule has 0 bridgehead atoms. The van der Waals surface area contributed by atoms with Gasteiger partial charge in [0, 0.05) is 7.05 Å². The van der Waals surface area contributed by atoms with Gasteiger partial charge in [0.15, 0.2) is 0 Å². The van der Waals surface area contributed by atoms with Crippen LogP contribution in [0.25, 0.3) is 0 Å². The maximum atomic E-state index is 11.8. The van der Waals surface area contributed by atoms with Crippen LogP contribution in [0.3, 0.4) is 0 Å². The standard InChI is InChI=1S/C9H14N2OS/c1-9(4-3-7-13-9)8(12)11(2)6-5-10/h3-4,6-7H2,1-2H3. The van der Waals surface area contributed by atoms with Crippen molar-refractivity contribution in [3.05, 3.63) is 0 Å². The fourth-order valence-corrected chi connectivity index (χ4v) is 2.84. The van der Waals surface area contributed by atoms with Gasteiger partial charge in [-0.1, -0.05) is 0 Å². The van der Waals surface area contributed by atoms with Crippen LogP contribution in [0, 0.1) is 11.3 Å². The number of hydrogen-bond acceptors (Lipinski definition) is 3. The molecule has 1 atom stereocenters. The molecule has 4 heteroatoms. The molecule has 0 radical (unpaired) electrons. The highest BCUT2D eigenvalue weighted by atomic mass is 32.2. The summed E-state index contributed by atoms with van der Waals surface area (Å²) in [6.45, 7) is 2.16. The predicted molar refractivity (Wildman–Crippen MR) is 53.3 cm³/mol. The molecule has 1 fully saturated rings. The van der Waals surface area contributed by atoms with Crippen molar-refractivity contribution in [1.29, 1.82) is 5.26 Å². The van der Waals surface area contributed by atoms with Crippen LogP contribution in [-0.2, 0) is 4.79 Å². The summed E-state index contributed by atoms with van der Waals surface area (Å²) in [6, 6.07) is 1.98. The smallest absolute Gasteiger partial charge is 0.239 e. The number of nitrogens with zero attached hydrogens (tertiary/aromatic N) is 2. The molecule has 0 spiro atoms. The Balaban J connectivity index is 2.61. The second-order valence-corrected chi connectivity index (χ2v) is 5.10. The van der Waals surface area contributed by atoms with Crippen LogP contribution >= 0.6 is 11.8 Å². The molecule has 1 rings (SSSR count). The Morgan fingerprint density at radius 3 is 2.92 bits per heavy atom. The summed E-state index contributed by atoms with van der Waals surface area (Å²) in [5.41, 5.74) is 0. The molecule has 0 aromatic heterocycles. The Hall–Kier alpha value is -0.690. The Labute approximate surface area is 83.1 Å². The lowest BCUT2D eigenvalue weighted by atomic mass is 10.0. The van der Waals surface area contributed by atoms with E-state index in [0.29, 0.717) is 0 Å². The van der Waals surface area contributed by atoms with Gasteiger partial charge in [-0.15, -0.1) is 11.8 Å². The quantitative estimate of drug-likeness (QED) is 0.627. The van der Waals surface area contributed by atoms with Crippen LogP contribution in [0.2, 0.25) is 0 Å². The zero-order valence-corrected chi connectivity index (χ0v) is 8.86. The van der Waals surface area contributed by atoms with E-state index in [1.54, 1.807) is 18.8 Å². The molecule has 1 unspecified atom stereocenters. The number of carbonyl (C=O) groups is 1. The molecular formula is C9H14N2OS. The Bertz CT molecular complexity index is 240. The molecule has 13 heavy (non-hydrogen) atoms. The highest BCUT2D eigenvalue weighted by molar-refractivity contribution is 8.01. The zero-order valence-electron chi connectivity index (χ0n) is 8.04. The lowest BCUT2D eigenvalue weighted by Crippen LogP contribution is -2.41. The predicted octanol–water partition coefficient (Wildman–Crippen LogP) is 1.25. The highest BCUT2D eigenvalue weighted by Crippen LogP contribution is 2.38. The van der Waals surface area contributed by atoms with E-state index >= 15 is 0 Å². The Morgan fingerprint density at radius 2 is 2.46 bits per heavy atom. The number of hydrogen-bond donors (Lipinski definition) is 0. The van der Waals surface area contributed by atoms with Gasteiger partial charge in [0.2, 0.25) is 5.91 Å². The average molecular weight is 198 g/mol. The van der Waals surface area contributed by atoms with Crippen molar-refractivity contribution >= 4 is 17.7 Å². The summed E-state index contributed by atoms with van der Waals surface area (Å²) in [4.78, 5) is 13.3. The van der Waals surface area contributed by atoms with Crippen LogP contribution in [-0.4, -0.2) is 34.9 Å². The summed E-state index contributed by atoms with van der Waals surface area (Å²) < 4.78 is -0.272. The number of nitriles is 1. The van der Waals surface area contributed by atoms with E-state index in [1.165, 1.54) is 4.90 Å². The fraction of sp³-hybridized carbons (Fsp3) is 0.778. The van der Waals surface area contributed by atoms with Crippen molar-refractivity contribution in [3.8, 4) is 6.07 Å². The van der Waals surface area contributed by atoms with Gasteiger partial charge < -0.3 is 4.90 Å². The lowest BCUT2D eigenvalue weighted by Gasteiger charge is -2.26. The van der Waals surface area contributed by atoms with Crippen molar-refractivity contribution in [2.24, 2.45) is 0 Å². The van der Waals surface area contributed by atoms with Gasteiger partial charge in [-0.05, 0) is 25.5 Å². The van der Waals surface area contributed by atoms with Gasteiger partial charge in [-0.25, -0.2) is 0 Å². The molecule has 0 aliphatic carbocycles. The van der Waals surface area contributed by atoms with E-state index in [4.69, 9.17) is 5.26 Å². The first-order chi connectivity index (χ1) is 6.10. The average Bonchev–Trinajstić information content (AvgIpc) is 2.52. The number of rotatable bonds is 2. The van der Waals surface area contributed by atoms with Crippen LogP contribution < -0.4 is 0 Å². The molecule has 0 saturated carbocycles. The third kappa shape index (κ3) is 2.16. The SMILES string of the molecule is CN(CC#N)C(=O)C1(C)CCCS1. The van der Waals surface area contributed by atoms with Gasteiger partial charge in [-0.3, -0.25) is 4.79 Å². The normalized spacial score (nSPS) is 26.8. The topological polar surface area (TPSA) is 44.1 Å². The van der Waals surface area contributed by atoms with Crippen LogP contribution in [0.1, 0.15) is 19.8 Å². The van der Waals surface area contributed by atoms with Crippen LogP contribution in [0.15, 0.2) is 0 Å². The molecule has 1 heterocycles. The third-order valence-electron chi connectivity index (χ3n) is 2.33. The van der Waals surface area contributed by atoms with Crippen LogP contribution in [0.4, 0.5) is 0 Å². The van der Waals surface area contributed by atoms with E-state index in [2.05, 4.69) is 0 Å². The lowest BCUT2D eigenvalue weighted by molar-refractivity contribution is -0.131. The maximum Gasteiger partial charge on any atom is 0.239 e. The molecule has 0 N–H and O–H groups in total. The van der Waals surface area contributed by atoms with Crippen molar-refractivity contribution in [2.45, 2.75) is 24.5 Å². The fourth-order valence-electron chi connectivity index (χ4n) is 1.53. The third-order valence-corrected chi connectivity index (χ3v) is 3.83. The summed E-state index contributed by atoms with van der Waals surface area (Å²) in [5.74, 6) is 1.15.